The van der Waals surface area contributed by atoms with Gasteiger partial charge in [-0.15, -0.1) is 0 Å². The second-order valence-corrected chi connectivity index (χ2v) is 5.19. The zero-order valence-corrected chi connectivity index (χ0v) is 14.7. The Kier molecular flexibility index (Phi) is 5.82. The second-order valence-electron chi connectivity index (χ2n) is 5.19. The SMILES string of the molecule is COC(=O)c1ccc(C(=O)C[n+]2cccc3ccccc32)cc1.[Br-]. The number of ketones is 1. The summed E-state index contributed by atoms with van der Waals surface area (Å²) in [5, 5.41) is 1.09. The number of benzene rings is 2. The number of esters is 1. The summed E-state index contributed by atoms with van der Waals surface area (Å²) in [5.41, 5.74) is 2.01. The number of rotatable bonds is 4. The van der Waals surface area contributed by atoms with Gasteiger partial charge in [-0.2, -0.15) is 4.57 Å². The maximum absolute atomic E-state index is 12.5. The summed E-state index contributed by atoms with van der Waals surface area (Å²) >= 11 is 0. The van der Waals surface area contributed by atoms with Crippen LogP contribution in [0.5, 0.6) is 0 Å². The zero-order chi connectivity index (χ0) is 16.2. The van der Waals surface area contributed by atoms with Crippen molar-refractivity contribution >= 4 is 22.7 Å². The van der Waals surface area contributed by atoms with E-state index in [1.54, 1.807) is 24.3 Å². The summed E-state index contributed by atoms with van der Waals surface area (Å²) in [4.78, 5) is 23.9. The first-order valence-corrected chi connectivity index (χ1v) is 7.28. The first-order valence-electron chi connectivity index (χ1n) is 7.28. The van der Waals surface area contributed by atoms with Gasteiger partial charge in [0.15, 0.2) is 6.20 Å². The lowest BCUT2D eigenvalue weighted by molar-refractivity contribution is -0.657. The molecule has 0 spiro atoms. The van der Waals surface area contributed by atoms with E-state index in [2.05, 4.69) is 4.74 Å². The minimum absolute atomic E-state index is 0. The van der Waals surface area contributed by atoms with Gasteiger partial charge < -0.3 is 21.7 Å². The highest BCUT2D eigenvalue weighted by Crippen LogP contribution is 2.10. The molecular weight excluding hydrogens is 370 g/mol. The molecule has 0 saturated carbocycles. The van der Waals surface area contributed by atoms with E-state index in [1.807, 2.05) is 47.2 Å². The summed E-state index contributed by atoms with van der Waals surface area (Å²) in [6, 6.07) is 18.4. The summed E-state index contributed by atoms with van der Waals surface area (Å²) in [5.74, 6) is -0.421. The highest BCUT2D eigenvalue weighted by molar-refractivity contribution is 5.97. The monoisotopic (exact) mass is 385 g/mol. The molecule has 3 aromatic rings. The van der Waals surface area contributed by atoms with E-state index in [0.29, 0.717) is 11.1 Å². The Morgan fingerprint density at radius 3 is 2.25 bits per heavy atom. The van der Waals surface area contributed by atoms with Gasteiger partial charge in [0.1, 0.15) is 0 Å². The standard InChI is InChI=1S/C19H16NO3.BrH/c1-23-19(22)16-10-8-15(9-11-16)18(21)13-20-12-4-6-14-5-2-3-7-17(14)20;/h2-12H,13H2,1H3;1H/q+1;/p-1. The number of methoxy groups -OCH3 is 1. The number of para-hydroxylation sites is 1. The van der Waals surface area contributed by atoms with Crippen LogP contribution >= 0.6 is 0 Å². The summed E-state index contributed by atoms with van der Waals surface area (Å²) in [6.07, 6.45) is 1.89. The Balaban J connectivity index is 0.00000208. The third-order valence-corrected chi connectivity index (χ3v) is 3.73. The fourth-order valence-corrected chi connectivity index (χ4v) is 2.51. The van der Waals surface area contributed by atoms with Crippen LogP contribution in [-0.2, 0) is 11.3 Å². The van der Waals surface area contributed by atoms with Crippen LogP contribution in [0.1, 0.15) is 20.7 Å². The number of carbonyl (C=O) groups excluding carboxylic acids is 2. The molecule has 3 rings (SSSR count). The highest BCUT2D eigenvalue weighted by Gasteiger charge is 2.15. The molecular formula is C19H16BrNO3. The van der Waals surface area contributed by atoms with Crippen molar-refractivity contribution in [2.75, 3.05) is 7.11 Å². The molecule has 0 fully saturated rings. The van der Waals surface area contributed by atoms with E-state index in [0.717, 1.165) is 10.9 Å². The van der Waals surface area contributed by atoms with Crippen molar-refractivity contribution in [1.82, 2.24) is 0 Å². The van der Waals surface area contributed by atoms with E-state index < -0.39 is 5.97 Å². The van der Waals surface area contributed by atoms with Crippen LogP contribution in [0.2, 0.25) is 0 Å². The van der Waals surface area contributed by atoms with Crippen molar-refractivity contribution in [2.24, 2.45) is 0 Å². The molecule has 4 nitrogen and oxygen atoms in total. The molecule has 0 aliphatic carbocycles. The van der Waals surface area contributed by atoms with Crippen molar-refractivity contribution in [3.8, 4) is 0 Å². The minimum Gasteiger partial charge on any atom is -1.00 e. The van der Waals surface area contributed by atoms with Gasteiger partial charge in [0, 0.05) is 23.1 Å². The number of fused-ring (bicyclic) bond motifs is 1. The van der Waals surface area contributed by atoms with Gasteiger partial charge in [-0.05, 0) is 24.3 Å². The molecule has 1 heterocycles. The molecule has 5 heteroatoms. The predicted molar refractivity (Wildman–Crippen MR) is 86.3 cm³/mol. The van der Waals surface area contributed by atoms with Crippen LogP contribution in [0.4, 0.5) is 0 Å². The van der Waals surface area contributed by atoms with E-state index in [4.69, 9.17) is 0 Å². The van der Waals surface area contributed by atoms with Crippen molar-refractivity contribution < 1.29 is 35.9 Å². The van der Waals surface area contributed by atoms with Crippen LogP contribution in [-0.4, -0.2) is 18.9 Å². The molecule has 122 valence electrons. The molecule has 0 saturated heterocycles. The maximum Gasteiger partial charge on any atom is 0.337 e. The van der Waals surface area contributed by atoms with Gasteiger partial charge in [-0.3, -0.25) is 4.79 Å². The average Bonchev–Trinajstić information content (AvgIpc) is 2.61. The lowest BCUT2D eigenvalue weighted by Gasteiger charge is -2.03. The summed E-state index contributed by atoms with van der Waals surface area (Å²) in [7, 11) is 1.33. The maximum atomic E-state index is 12.5. The molecule has 0 unspecified atom stereocenters. The van der Waals surface area contributed by atoms with Crippen LogP contribution in [0.25, 0.3) is 10.9 Å². The molecule has 0 radical (unpaired) electrons. The van der Waals surface area contributed by atoms with Crippen molar-refractivity contribution in [1.29, 1.82) is 0 Å². The largest absolute Gasteiger partial charge is 1.00 e. The molecule has 1 aromatic heterocycles. The number of ether oxygens (including phenoxy) is 1. The van der Waals surface area contributed by atoms with E-state index in [1.165, 1.54) is 7.11 Å². The number of carbonyl (C=O) groups is 2. The topological polar surface area (TPSA) is 47.3 Å². The first-order chi connectivity index (χ1) is 11.2. The average molecular weight is 386 g/mol. The van der Waals surface area contributed by atoms with E-state index in [9.17, 15) is 9.59 Å². The highest BCUT2D eigenvalue weighted by atomic mass is 79.9. The van der Waals surface area contributed by atoms with E-state index >= 15 is 0 Å². The van der Waals surface area contributed by atoms with Crippen LogP contribution in [0.15, 0.2) is 66.9 Å². The third-order valence-electron chi connectivity index (χ3n) is 3.73. The lowest BCUT2D eigenvalue weighted by atomic mass is 10.1. The third kappa shape index (κ3) is 3.68. The molecule has 0 amide bonds. The Morgan fingerprint density at radius 2 is 1.54 bits per heavy atom. The molecule has 0 N–H and O–H groups in total. The molecule has 0 aliphatic rings. The number of pyridine rings is 1. The normalized spacial score (nSPS) is 10.0. The predicted octanol–water partition coefficient (Wildman–Crippen LogP) is -0.199. The Morgan fingerprint density at radius 1 is 0.917 bits per heavy atom. The van der Waals surface area contributed by atoms with Gasteiger partial charge in [-0.1, -0.05) is 24.3 Å². The van der Waals surface area contributed by atoms with Crippen molar-refractivity contribution in [2.45, 2.75) is 6.54 Å². The number of Topliss-reactive ketones (excluding diaryl/α,β-unsaturated/α-hetero) is 1. The Labute approximate surface area is 150 Å². The molecule has 0 aliphatic heterocycles. The molecule has 2 aromatic carbocycles. The van der Waals surface area contributed by atoms with Gasteiger partial charge in [-0.25, -0.2) is 4.79 Å². The number of hydrogen-bond donors (Lipinski definition) is 0. The minimum atomic E-state index is -0.410. The van der Waals surface area contributed by atoms with Gasteiger partial charge in [0.05, 0.1) is 12.7 Å². The van der Waals surface area contributed by atoms with Gasteiger partial charge in [0.2, 0.25) is 17.8 Å². The second kappa shape index (κ2) is 7.84. The zero-order valence-electron chi connectivity index (χ0n) is 13.1. The molecule has 0 atom stereocenters. The number of aromatic nitrogens is 1. The van der Waals surface area contributed by atoms with Crippen molar-refractivity contribution in [3.05, 3.63) is 78.0 Å². The number of nitrogens with zero attached hydrogens (tertiary/aromatic N) is 1. The fraction of sp³-hybridized carbons (Fsp3) is 0.105. The van der Waals surface area contributed by atoms with Gasteiger partial charge >= 0.3 is 5.97 Å². The van der Waals surface area contributed by atoms with Gasteiger partial charge in [0.25, 0.3) is 0 Å². The van der Waals surface area contributed by atoms with Crippen LogP contribution in [0.3, 0.4) is 0 Å². The van der Waals surface area contributed by atoms with Crippen LogP contribution in [0, 0.1) is 0 Å². The fourth-order valence-electron chi connectivity index (χ4n) is 2.51. The first kappa shape index (κ1) is 17.8. The quantitative estimate of drug-likeness (QED) is 0.355. The molecule has 0 bridgehead atoms. The number of halogens is 1. The molecule has 24 heavy (non-hydrogen) atoms. The smallest absolute Gasteiger partial charge is 0.337 e. The van der Waals surface area contributed by atoms with Crippen molar-refractivity contribution in [3.63, 3.8) is 0 Å². The van der Waals surface area contributed by atoms with E-state index in [-0.39, 0.29) is 29.3 Å². The Hall–Kier alpha value is -2.53. The lowest BCUT2D eigenvalue weighted by Crippen LogP contribution is -3.00. The number of hydrogen-bond acceptors (Lipinski definition) is 3. The summed E-state index contributed by atoms with van der Waals surface area (Å²) < 4.78 is 6.57. The Bertz CT molecular complexity index is 870. The van der Waals surface area contributed by atoms with Crippen LogP contribution < -0.4 is 21.5 Å². The summed E-state index contributed by atoms with van der Waals surface area (Å²) in [6.45, 7) is 0.249.